The zero-order chi connectivity index (χ0) is 29.8. The average molecular weight is 589 g/mol. The summed E-state index contributed by atoms with van der Waals surface area (Å²) in [6, 6.07) is 1.21. The Bertz CT molecular complexity index is 1340. The number of benzene rings is 1. The number of aromatic nitrogens is 3. The van der Waals surface area contributed by atoms with Crippen LogP contribution in [-0.2, 0) is 14.4 Å². The molecule has 1 aromatic carbocycles. The molecule has 222 valence electrons. The number of aliphatic hydroxyl groups is 1. The fraction of sp³-hybridized carbons (Fsp3) is 0.621. The highest BCUT2D eigenvalue weighted by Gasteiger charge is 2.48. The van der Waals surface area contributed by atoms with Crippen LogP contribution in [-0.4, -0.2) is 78.4 Å². The number of nitrogens with zero attached hydrogens (tertiary/aromatic N) is 5. The van der Waals surface area contributed by atoms with E-state index in [1.165, 1.54) is 17.0 Å². The van der Waals surface area contributed by atoms with E-state index in [0.717, 1.165) is 18.5 Å². The van der Waals surface area contributed by atoms with Crippen molar-refractivity contribution in [3.05, 3.63) is 46.5 Å². The molecular weight excluding hydrogens is 551 g/mol. The van der Waals surface area contributed by atoms with Crippen molar-refractivity contribution in [3.8, 4) is 0 Å². The monoisotopic (exact) mass is 588 g/mol. The van der Waals surface area contributed by atoms with Gasteiger partial charge in [-0.15, -0.1) is 5.10 Å². The Morgan fingerprint density at radius 1 is 1.22 bits per heavy atom. The minimum absolute atomic E-state index is 0.00121. The molecule has 0 spiro atoms. The van der Waals surface area contributed by atoms with Crippen LogP contribution in [0.2, 0.25) is 5.02 Å². The van der Waals surface area contributed by atoms with Crippen LogP contribution in [0.1, 0.15) is 89.6 Å². The summed E-state index contributed by atoms with van der Waals surface area (Å²) in [6.45, 7) is 9.50. The highest BCUT2D eigenvalue weighted by Crippen LogP contribution is 2.41. The fourth-order valence-corrected chi connectivity index (χ4v) is 6.31. The molecule has 10 nitrogen and oxygen atoms in total. The predicted octanol–water partition coefficient (Wildman–Crippen LogP) is 3.36. The maximum absolute atomic E-state index is 14.4. The van der Waals surface area contributed by atoms with E-state index in [2.05, 4.69) is 15.6 Å². The summed E-state index contributed by atoms with van der Waals surface area (Å²) in [7, 11) is 0. The van der Waals surface area contributed by atoms with Crippen molar-refractivity contribution in [1.82, 2.24) is 30.1 Å². The van der Waals surface area contributed by atoms with Crippen molar-refractivity contribution in [2.45, 2.75) is 103 Å². The minimum atomic E-state index is -0.945. The Balaban J connectivity index is 1.40. The molecule has 3 aliphatic rings. The predicted molar refractivity (Wildman–Crippen MR) is 149 cm³/mol. The van der Waals surface area contributed by atoms with Gasteiger partial charge in [0.1, 0.15) is 17.9 Å². The lowest BCUT2D eigenvalue weighted by Crippen LogP contribution is -2.52. The van der Waals surface area contributed by atoms with E-state index in [1.807, 2.05) is 40.8 Å². The van der Waals surface area contributed by atoms with Gasteiger partial charge in [-0.1, -0.05) is 43.7 Å². The highest BCUT2D eigenvalue weighted by atomic mass is 35.5. The third-order valence-corrected chi connectivity index (χ3v) is 8.55. The van der Waals surface area contributed by atoms with E-state index >= 15 is 0 Å². The molecule has 0 bridgehead atoms. The molecule has 2 unspecified atom stereocenters. The number of likely N-dealkylation sites (tertiary alicyclic amines) is 2. The van der Waals surface area contributed by atoms with E-state index in [0.29, 0.717) is 11.5 Å². The number of hydrogen-bond donors (Lipinski definition) is 2. The van der Waals surface area contributed by atoms with Crippen LogP contribution >= 0.6 is 11.6 Å². The molecule has 2 aliphatic heterocycles. The SMILES string of the molecule is CC(C)N1C(=O)C[C@H](NC(=O)C2CC(O)CN2C(=O)[C@@H](n2cc(C3CC3)nn2)C(C)(C)C)[C@H]1c1ccc(Cl)c(F)c1. The molecule has 3 heterocycles. The zero-order valence-corrected chi connectivity index (χ0v) is 24.8. The number of rotatable bonds is 7. The summed E-state index contributed by atoms with van der Waals surface area (Å²) in [5.74, 6) is -1.21. The van der Waals surface area contributed by atoms with E-state index in [4.69, 9.17) is 11.6 Å². The van der Waals surface area contributed by atoms with Gasteiger partial charge in [0, 0.05) is 37.5 Å². The molecule has 5 atom stereocenters. The van der Waals surface area contributed by atoms with Crippen LogP contribution in [0, 0.1) is 11.2 Å². The second kappa shape index (κ2) is 11.0. The van der Waals surface area contributed by atoms with Crippen LogP contribution in [0.3, 0.4) is 0 Å². The summed E-state index contributed by atoms with van der Waals surface area (Å²) in [5, 5.41) is 22.1. The van der Waals surface area contributed by atoms with Gasteiger partial charge in [-0.05, 0) is 49.8 Å². The molecule has 2 N–H and O–H groups in total. The first-order chi connectivity index (χ1) is 19.3. The summed E-state index contributed by atoms with van der Waals surface area (Å²) in [6.07, 6.45) is 3.12. The van der Waals surface area contributed by atoms with Crippen molar-refractivity contribution in [1.29, 1.82) is 0 Å². The van der Waals surface area contributed by atoms with Crippen molar-refractivity contribution in [3.63, 3.8) is 0 Å². The van der Waals surface area contributed by atoms with Crippen LogP contribution in [0.15, 0.2) is 24.4 Å². The lowest BCUT2D eigenvalue weighted by Gasteiger charge is -2.35. The molecule has 12 heteroatoms. The van der Waals surface area contributed by atoms with Crippen LogP contribution < -0.4 is 5.32 Å². The summed E-state index contributed by atoms with van der Waals surface area (Å²) in [5.41, 5.74) is 0.814. The largest absolute Gasteiger partial charge is 0.391 e. The van der Waals surface area contributed by atoms with Gasteiger partial charge >= 0.3 is 0 Å². The summed E-state index contributed by atoms with van der Waals surface area (Å²) < 4.78 is 16.0. The smallest absolute Gasteiger partial charge is 0.248 e. The summed E-state index contributed by atoms with van der Waals surface area (Å²) >= 11 is 5.91. The van der Waals surface area contributed by atoms with Gasteiger partial charge in [0.2, 0.25) is 17.7 Å². The fourth-order valence-electron chi connectivity index (χ4n) is 6.19. The van der Waals surface area contributed by atoms with Gasteiger partial charge in [-0.3, -0.25) is 14.4 Å². The van der Waals surface area contributed by atoms with Crippen LogP contribution in [0.25, 0.3) is 0 Å². The van der Waals surface area contributed by atoms with Crippen molar-refractivity contribution < 1.29 is 23.9 Å². The van der Waals surface area contributed by atoms with Gasteiger partial charge in [0.25, 0.3) is 0 Å². The number of carbonyl (C=O) groups excluding carboxylic acids is 3. The number of amides is 3. The first-order valence-corrected chi connectivity index (χ1v) is 14.6. The van der Waals surface area contributed by atoms with E-state index < -0.39 is 47.4 Å². The molecule has 3 fully saturated rings. The molecule has 2 aromatic rings. The molecule has 1 aromatic heterocycles. The van der Waals surface area contributed by atoms with Crippen LogP contribution in [0.4, 0.5) is 4.39 Å². The zero-order valence-electron chi connectivity index (χ0n) is 24.1. The van der Waals surface area contributed by atoms with Crippen molar-refractivity contribution >= 4 is 29.3 Å². The van der Waals surface area contributed by atoms with Gasteiger partial charge in [-0.25, -0.2) is 9.07 Å². The molecule has 0 radical (unpaired) electrons. The Morgan fingerprint density at radius 2 is 1.93 bits per heavy atom. The van der Waals surface area contributed by atoms with Gasteiger partial charge in [0.15, 0.2) is 0 Å². The number of nitrogens with one attached hydrogen (secondary N) is 1. The highest BCUT2D eigenvalue weighted by molar-refractivity contribution is 6.30. The molecule has 1 saturated carbocycles. The first kappa shape index (κ1) is 29.4. The third kappa shape index (κ3) is 5.83. The van der Waals surface area contributed by atoms with Gasteiger partial charge in [-0.2, -0.15) is 0 Å². The standard InChI is InChI=1S/C29H38ClFN6O4/c1-15(2)37-24(39)12-21(25(37)17-8-9-19(30)20(31)10-17)32-27(40)23-11-18(38)13-35(23)28(41)26(29(3,4)5)36-14-22(33-34-36)16-6-7-16/h8-10,14-16,18,21,23,25-26,38H,6-7,11-13H2,1-5H3,(H,32,40)/t18?,21-,23?,25+,26+/m0/s1. The topological polar surface area (TPSA) is 121 Å². The van der Waals surface area contributed by atoms with Crippen molar-refractivity contribution in [2.75, 3.05) is 6.54 Å². The third-order valence-electron chi connectivity index (χ3n) is 8.24. The Morgan fingerprint density at radius 3 is 2.54 bits per heavy atom. The van der Waals surface area contributed by atoms with Gasteiger partial charge in [0.05, 0.1) is 28.9 Å². The van der Waals surface area contributed by atoms with Gasteiger partial charge < -0.3 is 20.2 Å². The molecule has 41 heavy (non-hydrogen) atoms. The minimum Gasteiger partial charge on any atom is -0.391 e. The summed E-state index contributed by atoms with van der Waals surface area (Å²) in [4.78, 5) is 43.9. The number of halogens is 2. The van der Waals surface area contributed by atoms with E-state index in [9.17, 15) is 23.9 Å². The number of aliphatic hydroxyl groups excluding tert-OH is 1. The second-order valence-corrected chi connectivity index (χ2v) is 13.3. The van der Waals surface area contributed by atoms with E-state index in [1.54, 1.807) is 15.6 Å². The molecule has 1 aliphatic carbocycles. The first-order valence-electron chi connectivity index (χ1n) is 14.2. The van der Waals surface area contributed by atoms with Crippen molar-refractivity contribution in [2.24, 2.45) is 5.41 Å². The maximum Gasteiger partial charge on any atom is 0.248 e. The van der Waals surface area contributed by atoms with Crippen LogP contribution in [0.5, 0.6) is 0 Å². The molecule has 2 saturated heterocycles. The maximum atomic E-state index is 14.4. The molecular formula is C29H38ClFN6O4. The Hall–Kier alpha value is -3.05. The average Bonchev–Trinajstić information content (AvgIpc) is 3.33. The number of hydrogen-bond acceptors (Lipinski definition) is 6. The Labute approximate surface area is 244 Å². The quantitative estimate of drug-likeness (QED) is 0.512. The number of β-amino-alcohol motifs (C(OH)–C–C–N with tert-alkyl or cyclic N) is 1. The second-order valence-electron chi connectivity index (χ2n) is 12.9. The lowest BCUT2D eigenvalue weighted by atomic mass is 9.85. The normalized spacial score (nSPS) is 25.7. The molecule has 5 rings (SSSR count). The number of carbonyl (C=O) groups is 3. The molecule has 3 amide bonds. The van der Waals surface area contributed by atoms with E-state index in [-0.39, 0.29) is 42.3 Å². The Kier molecular flexibility index (Phi) is 7.88. The lowest BCUT2D eigenvalue weighted by molar-refractivity contribution is -0.144.